The number of para-hydroxylation sites is 1. The molecular formula is C19H22Cl2N4OS. The highest BCUT2D eigenvalue weighted by molar-refractivity contribution is 7.20. The molecule has 1 aliphatic heterocycles. The van der Waals surface area contributed by atoms with Crippen LogP contribution in [0.2, 0.25) is 5.02 Å². The number of amides is 1. The highest BCUT2D eigenvalue weighted by Crippen LogP contribution is 2.33. The van der Waals surface area contributed by atoms with Crippen molar-refractivity contribution >= 4 is 51.5 Å². The number of fused-ring (bicyclic) bond motifs is 1. The molecule has 4 rings (SSSR count). The van der Waals surface area contributed by atoms with E-state index in [4.69, 9.17) is 11.6 Å². The number of aromatic nitrogens is 2. The fourth-order valence-electron chi connectivity index (χ4n) is 3.49. The van der Waals surface area contributed by atoms with Crippen LogP contribution < -0.4 is 5.32 Å². The smallest absolute Gasteiger partial charge is 0.264 e. The van der Waals surface area contributed by atoms with E-state index in [2.05, 4.69) is 10.4 Å². The molecule has 1 atom stereocenters. The Morgan fingerprint density at radius 3 is 2.89 bits per heavy atom. The third-order valence-corrected chi connectivity index (χ3v) is 6.37. The molecule has 0 aliphatic carbocycles. The number of piperidine rings is 1. The second-order valence-electron chi connectivity index (χ2n) is 6.66. The second kappa shape index (κ2) is 8.19. The molecule has 1 saturated heterocycles. The van der Waals surface area contributed by atoms with Gasteiger partial charge in [0.1, 0.15) is 4.83 Å². The third kappa shape index (κ3) is 3.72. The lowest BCUT2D eigenvalue weighted by Gasteiger charge is -2.32. The Kier molecular flexibility index (Phi) is 6.11. The molecule has 0 spiro atoms. The summed E-state index contributed by atoms with van der Waals surface area (Å²) in [5.74, 6) is 0.108. The molecule has 0 radical (unpaired) electrons. The number of rotatable bonds is 3. The SMILES string of the molecule is CNC1CCCN(C(=O)c2cc3c(C)nn(-c4ccccc4Cl)c3s2)C1.Cl. The van der Waals surface area contributed by atoms with Gasteiger partial charge in [0.2, 0.25) is 0 Å². The Balaban J connectivity index is 0.00000210. The molecule has 144 valence electrons. The zero-order valence-electron chi connectivity index (χ0n) is 15.2. The number of carbonyl (C=O) groups excluding carboxylic acids is 1. The number of likely N-dealkylation sites (tertiary alicyclic amines) is 1. The van der Waals surface area contributed by atoms with Crippen molar-refractivity contribution < 1.29 is 4.79 Å². The van der Waals surface area contributed by atoms with Crippen LogP contribution in [-0.2, 0) is 0 Å². The number of hydrogen-bond donors (Lipinski definition) is 1. The summed E-state index contributed by atoms with van der Waals surface area (Å²) in [5, 5.41) is 9.57. The fraction of sp³-hybridized carbons (Fsp3) is 0.368. The standard InChI is InChI=1S/C19H21ClN4OS.ClH/c1-12-14-10-17(18(25)23-9-5-6-13(11-23)21-2)26-19(14)24(22-12)16-8-4-3-7-15(16)20;/h3-4,7-8,10,13,21H,5-6,9,11H2,1-2H3;1H. The summed E-state index contributed by atoms with van der Waals surface area (Å²) in [4.78, 5) is 16.7. The van der Waals surface area contributed by atoms with Crippen molar-refractivity contribution in [3.05, 3.63) is 45.9 Å². The summed E-state index contributed by atoms with van der Waals surface area (Å²) in [6, 6.07) is 9.98. The van der Waals surface area contributed by atoms with Crippen LogP contribution in [0.25, 0.3) is 15.9 Å². The summed E-state index contributed by atoms with van der Waals surface area (Å²) < 4.78 is 1.85. The Labute approximate surface area is 173 Å². The molecule has 1 fully saturated rings. The minimum Gasteiger partial charge on any atom is -0.336 e. The number of benzene rings is 1. The van der Waals surface area contributed by atoms with Gasteiger partial charge < -0.3 is 10.2 Å². The monoisotopic (exact) mass is 424 g/mol. The first-order chi connectivity index (χ1) is 12.6. The van der Waals surface area contributed by atoms with Crippen molar-refractivity contribution in [3.8, 4) is 5.69 Å². The fourth-order valence-corrected chi connectivity index (χ4v) is 4.85. The highest BCUT2D eigenvalue weighted by atomic mass is 35.5. The van der Waals surface area contributed by atoms with Gasteiger partial charge in [-0.3, -0.25) is 4.79 Å². The van der Waals surface area contributed by atoms with Gasteiger partial charge in [-0.15, -0.1) is 23.7 Å². The van der Waals surface area contributed by atoms with Crippen molar-refractivity contribution in [2.75, 3.05) is 20.1 Å². The molecule has 1 aliphatic rings. The number of halogens is 2. The van der Waals surface area contributed by atoms with E-state index in [0.29, 0.717) is 11.1 Å². The minimum absolute atomic E-state index is 0. The van der Waals surface area contributed by atoms with Gasteiger partial charge in [0.25, 0.3) is 5.91 Å². The number of nitrogens with one attached hydrogen (secondary N) is 1. The van der Waals surface area contributed by atoms with Gasteiger partial charge >= 0.3 is 0 Å². The predicted molar refractivity (Wildman–Crippen MR) is 114 cm³/mol. The van der Waals surface area contributed by atoms with E-state index in [1.165, 1.54) is 11.3 Å². The molecular weight excluding hydrogens is 403 g/mol. The molecule has 2 aromatic heterocycles. The zero-order valence-corrected chi connectivity index (χ0v) is 17.6. The minimum atomic E-state index is 0. The van der Waals surface area contributed by atoms with E-state index in [1.807, 2.05) is 53.9 Å². The molecule has 3 heterocycles. The number of likely N-dealkylation sites (N-methyl/N-ethyl adjacent to an activating group) is 1. The molecule has 0 saturated carbocycles. The Morgan fingerprint density at radius 1 is 1.37 bits per heavy atom. The van der Waals surface area contributed by atoms with Gasteiger partial charge in [-0.25, -0.2) is 4.68 Å². The summed E-state index contributed by atoms with van der Waals surface area (Å²) in [6.07, 6.45) is 2.15. The van der Waals surface area contributed by atoms with Gasteiger partial charge in [0, 0.05) is 24.5 Å². The van der Waals surface area contributed by atoms with E-state index in [-0.39, 0.29) is 18.3 Å². The lowest BCUT2D eigenvalue weighted by Crippen LogP contribution is -2.46. The number of carbonyl (C=O) groups is 1. The van der Waals surface area contributed by atoms with Crippen LogP contribution in [0.3, 0.4) is 0 Å². The summed E-state index contributed by atoms with van der Waals surface area (Å²) >= 11 is 7.84. The molecule has 0 bridgehead atoms. The molecule has 8 heteroatoms. The van der Waals surface area contributed by atoms with Crippen LogP contribution >= 0.6 is 35.3 Å². The van der Waals surface area contributed by atoms with Crippen molar-refractivity contribution in [3.63, 3.8) is 0 Å². The second-order valence-corrected chi connectivity index (χ2v) is 8.09. The molecule has 1 unspecified atom stereocenters. The van der Waals surface area contributed by atoms with Crippen LogP contribution in [0.15, 0.2) is 30.3 Å². The van der Waals surface area contributed by atoms with E-state index in [9.17, 15) is 4.79 Å². The maximum Gasteiger partial charge on any atom is 0.264 e. The van der Waals surface area contributed by atoms with Crippen LogP contribution in [0.4, 0.5) is 0 Å². The van der Waals surface area contributed by atoms with Crippen LogP contribution in [0.5, 0.6) is 0 Å². The van der Waals surface area contributed by atoms with E-state index < -0.39 is 0 Å². The van der Waals surface area contributed by atoms with E-state index in [1.54, 1.807) is 0 Å². The third-order valence-electron chi connectivity index (χ3n) is 4.95. The first-order valence-electron chi connectivity index (χ1n) is 8.79. The zero-order chi connectivity index (χ0) is 18.3. The molecule has 1 amide bonds. The summed E-state index contributed by atoms with van der Waals surface area (Å²) in [7, 11) is 1.96. The van der Waals surface area contributed by atoms with Crippen molar-refractivity contribution in [1.29, 1.82) is 0 Å². The van der Waals surface area contributed by atoms with Crippen LogP contribution in [-0.4, -0.2) is 46.8 Å². The van der Waals surface area contributed by atoms with Crippen molar-refractivity contribution in [2.45, 2.75) is 25.8 Å². The summed E-state index contributed by atoms with van der Waals surface area (Å²) in [6.45, 7) is 3.55. The Hall–Kier alpha value is -1.60. The maximum atomic E-state index is 13.0. The van der Waals surface area contributed by atoms with Gasteiger partial charge in [0.05, 0.1) is 21.3 Å². The van der Waals surface area contributed by atoms with Gasteiger partial charge in [0.15, 0.2) is 0 Å². The molecule has 3 aromatic rings. The van der Waals surface area contributed by atoms with Gasteiger partial charge in [-0.05, 0) is 45.0 Å². The predicted octanol–water partition coefficient (Wildman–Crippen LogP) is 4.29. The number of nitrogens with zero attached hydrogens (tertiary/aromatic N) is 3. The Morgan fingerprint density at radius 2 is 2.15 bits per heavy atom. The first-order valence-corrected chi connectivity index (χ1v) is 9.98. The topological polar surface area (TPSA) is 50.2 Å². The molecule has 27 heavy (non-hydrogen) atoms. The van der Waals surface area contributed by atoms with Crippen molar-refractivity contribution in [2.24, 2.45) is 0 Å². The van der Waals surface area contributed by atoms with E-state index in [0.717, 1.165) is 52.4 Å². The normalized spacial score (nSPS) is 17.1. The molecule has 5 nitrogen and oxygen atoms in total. The largest absolute Gasteiger partial charge is 0.336 e. The number of hydrogen-bond acceptors (Lipinski definition) is 4. The van der Waals surface area contributed by atoms with Crippen LogP contribution in [0.1, 0.15) is 28.2 Å². The average molecular weight is 425 g/mol. The van der Waals surface area contributed by atoms with E-state index >= 15 is 0 Å². The number of aryl methyl sites for hydroxylation is 1. The highest BCUT2D eigenvalue weighted by Gasteiger charge is 2.26. The van der Waals surface area contributed by atoms with Gasteiger partial charge in [-0.1, -0.05) is 23.7 Å². The van der Waals surface area contributed by atoms with Gasteiger partial charge in [-0.2, -0.15) is 5.10 Å². The molecule has 1 aromatic carbocycles. The quantitative estimate of drug-likeness (QED) is 0.681. The van der Waals surface area contributed by atoms with Crippen molar-refractivity contribution in [1.82, 2.24) is 20.0 Å². The lowest BCUT2D eigenvalue weighted by molar-refractivity contribution is 0.0703. The summed E-state index contributed by atoms with van der Waals surface area (Å²) in [5.41, 5.74) is 1.74. The lowest BCUT2D eigenvalue weighted by atomic mass is 10.1. The number of thiophene rings is 1. The average Bonchev–Trinajstić information content (AvgIpc) is 3.22. The molecule has 1 N–H and O–H groups in total. The first kappa shape index (κ1) is 20.1. The van der Waals surface area contributed by atoms with Crippen LogP contribution in [0, 0.1) is 6.92 Å². The Bertz CT molecular complexity index is 968. The maximum absolute atomic E-state index is 13.0.